The number of carbonyl (C=O) groups is 2. The summed E-state index contributed by atoms with van der Waals surface area (Å²) < 4.78 is 0. The number of nitrogens with two attached hydrogens (primary N) is 1. The van der Waals surface area contributed by atoms with Crippen molar-refractivity contribution in [1.82, 2.24) is 10.2 Å². The van der Waals surface area contributed by atoms with Gasteiger partial charge in [0.15, 0.2) is 0 Å². The Morgan fingerprint density at radius 2 is 1.84 bits per heavy atom. The van der Waals surface area contributed by atoms with Gasteiger partial charge in [0.25, 0.3) is 0 Å². The highest BCUT2D eigenvalue weighted by Gasteiger charge is 2.24. The van der Waals surface area contributed by atoms with Gasteiger partial charge in [0.2, 0.25) is 11.8 Å². The molecule has 0 bridgehead atoms. The van der Waals surface area contributed by atoms with Gasteiger partial charge in [0, 0.05) is 37.5 Å². The van der Waals surface area contributed by atoms with Crippen molar-refractivity contribution in [2.75, 3.05) is 13.1 Å². The van der Waals surface area contributed by atoms with Gasteiger partial charge in [-0.15, -0.1) is 0 Å². The first-order valence-electron chi connectivity index (χ1n) is 7.24. The van der Waals surface area contributed by atoms with Gasteiger partial charge in [-0.1, -0.05) is 13.8 Å². The molecule has 0 aliphatic carbocycles. The molecule has 5 nitrogen and oxygen atoms in total. The van der Waals surface area contributed by atoms with E-state index in [1.807, 2.05) is 25.7 Å². The molecule has 110 valence electrons. The first kappa shape index (κ1) is 16.0. The van der Waals surface area contributed by atoms with Gasteiger partial charge in [-0.25, -0.2) is 0 Å². The van der Waals surface area contributed by atoms with E-state index in [4.69, 9.17) is 5.73 Å². The molecule has 0 spiro atoms. The Morgan fingerprint density at radius 3 is 2.32 bits per heavy atom. The van der Waals surface area contributed by atoms with Crippen LogP contribution in [0.2, 0.25) is 0 Å². The van der Waals surface area contributed by atoms with Gasteiger partial charge in [-0.05, 0) is 26.2 Å². The highest BCUT2D eigenvalue weighted by atomic mass is 16.2. The van der Waals surface area contributed by atoms with Crippen molar-refractivity contribution in [3.63, 3.8) is 0 Å². The standard InChI is InChI=1S/C14H27N3O2/c1-10(2)14(19)17-8-6-12(7-9-17)16-13(18)5-4-11(3)15/h10-12H,4-9,15H2,1-3H3,(H,16,18). The highest BCUT2D eigenvalue weighted by molar-refractivity contribution is 5.78. The average molecular weight is 269 g/mol. The van der Waals surface area contributed by atoms with Crippen molar-refractivity contribution in [2.24, 2.45) is 11.7 Å². The maximum Gasteiger partial charge on any atom is 0.225 e. The number of hydrogen-bond donors (Lipinski definition) is 2. The van der Waals surface area contributed by atoms with Crippen LogP contribution in [-0.2, 0) is 9.59 Å². The van der Waals surface area contributed by atoms with E-state index in [0.29, 0.717) is 6.42 Å². The van der Waals surface area contributed by atoms with Crippen LogP contribution in [0.15, 0.2) is 0 Å². The fraction of sp³-hybridized carbons (Fsp3) is 0.857. The molecule has 1 rings (SSSR count). The summed E-state index contributed by atoms with van der Waals surface area (Å²) in [6.07, 6.45) is 2.91. The molecule has 1 aliphatic rings. The molecule has 1 heterocycles. The molecule has 0 saturated carbocycles. The first-order chi connectivity index (χ1) is 8.90. The van der Waals surface area contributed by atoms with E-state index in [9.17, 15) is 9.59 Å². The summed E-state index contributed by atoms with van der Waals surface area (Å²) in [6.45, 7) is 7.24. The Balaban J connectivity index is 2.26. The molecule has 0 aromatic heterocycles. The van der Waals surface area contributed by atoms with Crippen LogP contribution in [0.5, 0.6) is 0 Å². The summed E-state index contributed by atoms with van der Waals surface area (Å²) in [7, 11) is 0. The van der Waals surface area contributed by atoms with Gasteiger partial charge < -0.3 is 16.0 Å². The molecule has 1 unspecified atom stereocenters. The average Bonchev–Trinajstić information content (AvgIpc) is 2.36. The van der Waals surface area contributed by atoms with Crippen LogP contribution in [0, 0.1) is 5.92 Å². The molecule has 1 atom stereocenters. The topological polar surface area (TPSA) is 75.4 Å². The number of piperidine rings is 1. The Bertz CT molecular complexity index is 308. The largest absolute Gasteiger partial charge is 0.353 e. The molecule has 1 saturated heterocycles. The maximum atomic E-state index is 11.8. The number of nitrogens with one attached hydrogen (secondary N) is 1. The van der Waals surface area contributed by atoms with E-state index < -0.39 is 0 Å². The molecule has 19 heavy (non-hydrogen) atoms. The first-order valence-corrected chi connectivity index (χ1v) is 7.24. The predicted molar refractivity (Wildman–Crippen MR) is 75.5 cm³/mol. The number of nitrogens with zero attached hydrogens (tertiary/aromatic N) is 1. The van der Waals surface area contributed by atoms with Crippen LogP contribution < -0.4 is 11.1 Å². The minimum absolute atomic E-state index is 0.0529. The summed E-state index contributed by atoms with van der Waals surface area (Å²) in [5.74, 6) is 0.338. The second kappa shape index (κ2) is 7.48. The van der Waals surface area contributed by atoms with Gasteiger partial charge >= 0.3 is 0 Å². The lowest BCUT2D eigenvalue weighted by atomic mass is 10.0. The Hall–Kier alpha value is -1.10. The summed E-state index contributed by atoms with van der Waals surface area (Å²) in [4.78, 5) is 25.4. The highest BCUT2D eigenvalue weighted by Crippen LogP contribution is 2.13. The summed E-state index contributed by atoms with van der Waals surface area (Å²) in [6, 6.07) is 0.271. The molecular formula is C14H27N3O2. The Kier molecular flexibility index (Phi) is 6.28. The lowest BCUT2D eigenvalue weighted by Gasteiger charge is -2.33. The van der Waals surface area contributed by atoms with Gasteiger partial charge in [-0.3, -0.25) is 9.59 Å². The van der Waals surface area contributed by atoms with Crippen molar-refractivity contribution < 1.29 is 9.59 Å². The number of amides is 2. The second-order valence-electron chi connectivity index (χ2n) is 5.84. The number of rotatable bonds is 5. The molecule has 0 aromatic carbocycles. The van der Waals surface area contributed by atoms with Crippen LogP contribution in [0.25, 0.3) is 0 Å². The molecule has 5 heteroatoms. The van der Waals surface area contributed by atoms with Crippen molar-refractivity contribution in [3.8, 4) is 0 Å². The minimum atomic E-state index is 0.0529. The Morgan fingerprint density at radius 1 is 1.26 bits per heavy atom. The van der Waals surface area contributed by atoms with Crippen LogP contribution in [0.4, 0.5) is 0 Å². The summed E-state index contributed by atoms with van der Waals surface area (Å²) in [5.41, 5.74) is 5.63. The third kappa shape index (κ3) is 5.59. The zero-order valence-electron chi connectivity index (χ0n) is 12.3. The van der Waals surface area contributed by atoms with Crippen LogP contribution in [0.3, 0.4) is 0 Å². The Labute approximate surface area is 115 Å². The number of hydrogen-bond acceptors (Lipinski definition) is 3. The molecule has 0 radical (unpaired) electrons. The monoisotopic (exact) mass is 269 g/mol. The normalized spacial score (nSPS) is 18.5. The molecule has 3 N–H and O–H groups in total. The van der Waals surface area contributed by atoms with E-state index in [1.54, 1.807) is 0 Å². The second-order valence-corrected chi connectivity index (χ2v) is 5.84. The van der Waals surface area contributed by atoms with Crippen molar-refractivity contribution in [1.29, 1.82) is 0 Å². The number of likely N-dealkylation sites (tertiary alicyclic amines) is 1. The quantitative estimate of drug-likeness (QED) is 0.778. The molecular weight excluding hydrogens is 242 g/mol. The third-order valence-electron chi connectivity index (χ3n) is 3.49. The summed E-state index contributed by atoms with van der Waals surface area (Å²) >= 11 is 0. The SMILES string of the molecule is CC(N)CCC(=O)NC1CCN(C(=O)C(C)C)CC1. The van der Waals surface area contributed by atoms with E-state index >= 15 is 0 Å². The summed E-state index contributed by atoms with van der Waals surface area (Å²) in [5, 5.41) is 3.03. The lowest BCUT2D eigenvalue weighted by Crippen LogP contribution is -2.47. The van der Waals surface area contributed by atoms with Gasteiger partial charge in [0.1, 0.15) is 0 Å². The lowest BCUT2D eigenvalue weighted by molar-refractivity contribution is -0.135. The minimum Gasteiger partial charge on any atom is -0.353 e. The fourth-order valence-electron chi connectivity index (χ4n) is 2.27. The van der Waals surface area contributed by atoms with Crippen molar-refractivity contribution in [2.45, 2.75) is 58.5 Å². The van der Waals surface area contributed by atoms with E-state index in [-0.39, 0.29) is 29.8 Å². The van der Waals surface area contributed by atoms with Gasteiger partial charge in [0.05, 0.1) is 0 Å². The van der Waals surface area contributed by atoms with E-state index in [0.717, 1.165) is 32.4 Å². The van der Waals surface area contributed by atoms with Crippen molar-refractivity contribution in [3.05, 3.63) is 0 Å². The zero-order valence-corrected chi connectivity index (χ0v) is 12.3. The smallest absolute Gasteiger partial charge is 0.225 e. The fourth-order valence-corrected chi connectivity index (χ4v) is 2.27. The van der Waals surface area contributed by atoms with Crippen molar-refractivity contribution >= 4 is 11.8 Å². The molecule has 0 aromatic rings. The maximum absolute atomic E-state index is 11.8. The van der Waals surface area contributed by atoms with E-state index in [2.05, 4.69) is 5.32 Å². The van der Waals surface area contributed by atoms with Crippen LogP contribution >= 0.6 is 0 Å². The molecule has 2 amide bonds. The van der Waals surface area contributed by atoms with Crippen LogP contribution in [-0.4, -0.2) is 41.9 Å². The zero-order chi connectivity index (χ0) is 14.4. The van der Waals surface area contributed by atoms with Gasteiger partial charge in [-0.2, -0.15) is 0 Å². The molecule has 1 fully saturated rings. The number of carbonyl (C=O) groups excluding carboxylic acids is 2. The third-order valence-corrected chi connectivity index (χ3v) is 3.49. The predicted octanol–water partition coefficient (Wildman–Crippen LogP) is 0.877. The molecule has 1 aliphatic heterocycles. The van der Waals surface area contributed by atoms with Crippen LogP contribution in [0.1, 0.15) is 46.5 Å². The van der Waals surface area contributed by atoms with E-state index in [1.165, 1.54) is 0 Å².